The van der Waals surface area contributed by atoms with Gasteiger partial charge in [0.15, 0.2) is 0 Å². The second kappa shape index (κ2) is 6.19. The predicted octanol–water partition coefficient (Wildman–Crippen LogP) is -0.884. The Kier molecular flexibility index (Phi) is 4.34. The molecule has 4 N–H and O–H groups in total. The number of carbonyl (C=O) groups excluding carboxylic acids is 1. The van der Waals surface area contributed by atoms with Crippen LogP contribution in [0.1, 0.15) is 15.9 Å². The molecule has 0 saturated heterocycles. The molecule has 1 aromatic heterocycles. The molecule has 0 atom stereocenters. The number of nitrogens with zero attached hydrogens (tertiary/aromatic N) is 2. The summed E-state index contributed by atoms with van der Waals surface area (Å²) >= 11 is 0. The minimum atomic E-state index is -0.504. The minimum Gasteiger partial charge on any atom is -0.366 e. The largest absolute Gasteiger partial charge is 0.366 e. The average molecular weight is 288 g/mol. The van der Waals surface area contributed by atoms with Crippen molar-refractivity contribution in [2.24, 2.45) is 11.5 Å². The maximum absolute atomic E-state index is 12.2. The van der Waals surface area contributed by atoms with E-state index in [2.05, 4.69) is 0 Å². The zero-order valence-corrected chi connectivity index (χ0v) is 11.4. The number of benzene rings is 1. The number of carbonyl (C=O) groups is 1. The van der Waals surface area contributed by atoms with Gasteiger partial charge in [-0.05, 0) is 17.7 Å². The monoisotopic (exact) mass is 288 g/mol. The Balaban J connectivity index is 2.31. The van der Waals surface area contributed by atoms with Crippen LogP contribution in [0.15, 0.2) is 46.1 Å². The third-order valence-electron chi connectivity index (χ3n) is 3.08. The Hall–Kier alpha value is -2.67. The van der Waals surface area contributed by atoms with Gasteiger partial charge in [-0.15, -0.1) is 0 Å². The van der Waals surface area contributed by atoms with Crippen LogP contribution in [0.4, 0.5) is 0 Å². The van der Waals surface area contributed by atoms with E-state index in [-0.39, 0.29) is 18.6 Å². The van der Waals surface area contributed by atoms with E-state index < -0.39 is 11.6 Å². The van der Waals surface area contributed by atoms with Gasteiger partial charge in [0, 0.05) is 30.9 Å². The van der Waals surface area contributed by atoms with E-state index in [0.29, 0.717) is 12.1 Å². The molecule has 2 aromatic rings. The van der Waals surface area contributed by atoms with E-state index in [1.807, 2.05) is 0 Å². The fourth-order valence-electron chi connectivity index (χ4n) is 1.98. The molecule has 1 amide bonds. The first kappa shape index (κ1) is 14.7. The lowest BCUT2D eigenvalue weighted by molar-refractivity contribution is 0.100. The van der Waals surface area contributed by atoms with Crippen molar-refractivity contribution in [3.05, 3.63) is 68.5 Å². The number of hydrogen-bond acceptors (Lipinski definition) is 4. The predicted molar refractivity (Wildman–Crippen MR) is 78.1 cm³/mol. The van der Waals surface area contributed by atoms with Gasteiger partial charge in [0.2, 0.25) is 5.91 Å². The second-order valence-electron chi connectivity index (χ2n) is 4.57. The van der Waals surface area contributed by atoms with Gasteiger partial charge >= 0.3 is 5.69 Å². The Morgan fingerprint density at radius 3 is 2.33 bits per heavy atom. The summed E-state index contributed by atoms with van der Waals surface area (Å²) in [6.07, 6.45) is 1.44. The zero-order valence-electron chi connectivity index (χ0n) is 11.4. The number of hydrogen-bond donors (Lipinski definition) is 2. The standard InChI is InChI=1S/C14H16N4O3/c15-6-8-18-12(19)5-7-17(14(18)21)9-10-1-3-11(4-2-10)13(16)20/h1-5,7H,6,8-9,15H2,(H2,16,20). The van der Waals surface area contributed by atoms with Crippen LogP contribution < -0.4 is 22.7 Å². The lowest BCUT2D eigenvalue weighted by Crippen LogP contribution is -2.40. The van der Waals surface area contributed by atoms with Crippen molar-refractivity contribution in [2.45, 2.75) is 13.1 Å². The summed E-state index contributed by atoms with van der Waals surface area (Å²) in [5.74, 6) is -0.504. The number of primary amides is 1. The van der Waals surface area contributed by atoms with E-state index in [1.165, 1.54) is 16.8 Å². The van der Waals surface area contributed by atoms with Gasteiger partial charge < -0.3 is 11.5 Å². The fourth-order valence-corrected chi connectivity index (χ4v) is 1.98. The van der Waals surface area contributed by atoms with Gasteiger partial charge in [-0.2, -0.15) is 0 Å². The highest BCUT2D eigenvalue weighted by atomic mass is 16.2. The van der Waals surface area contributed by atoms with Gasteiger partial charge in [0.1, 0.15) is 0 Å². The Morgan fingerprint density at radius 2 is 1.76 bits per heavy atom. The minimum absolute atomic E-state index is 0.180. The summed E-state index contributed by atoms with van der Waals surface area (Å²) in [4.78, 5) is 34.7. The number of amides is 1. The molecule has 1 aromatic carbocycles. The quantitative estimate of drug-likeness (QED) is 0.743. The van der Waals surface area contributed by atoms with Crippen molar-refractivity contribution in [3.8, 4) is 0 Å². The molecule has 0 saturated carbocycles. The van der Waals surface area contributed by atoms with Crippen LogP contribution in [-0.2, 0) is 13.1 Å². The van der Waals surface area contributed by atoms with Crippen molar-refractivity contribution in [1.82, 2.24) is 9.13 Å². The fraction of sp³-hybridized carbons (Fsp3) is 0.214. The van der Waals surface area contributed by atoms with Crippen LogP contribution in [0.3, 0.4) is 0 Å². The van der Waals surface area contributed by atoms with E-state index in [1.54, 1.807) is 24.3 Å². The summed E-state index contributed by atoms with van der Waals surface area (Å²) in [5, 5.41) is 0. The molecule has 1 heterocycles. The Labute approximate surface area is 120 Å². The molecule has 0 fully saturated rings. The van der Waals surface area contributed by atoms with Crippen LogP contribution in [-0.4, -0.2) is 21.6 Å². The van der Waals surface area contributed by atoms with Gasteiger partial charge in [-0.1, -0.05) is 12.1 Å². The molecule has 2 rings (SSSR count). The summed E-state index contributed by atoms with van der Waals surface area (Å²) in [6, 6.07) is 7.95. The molecular formula is C14H16N4O3. The Morgan fingerprint density at radius 1 is 1.10 bits per heavy atom. The first-order valence-electron chi connectivity index (χ1n) is 6.42. The number of nitrogens with two attached hydrogens (primary N) is 2. The molecule has 7 heteroatoms. The van der Waals surface area contributed by atoms with Crippen LogP contribution in [0.2, 0.25) is 0 Å². The third-order valence-corrected chi connectivity index (χ3v) is 3.08. The summed E-state index contributed by atoms with van der Waals surface area (Å²) in [7, 11) is 0. The first-order valence-corrected chi connectivity index (χ1v) is 6.42. The van der Waals surface area contributed by atoms with Crippen molar-refractivity contribution < 1.29 is 4.79 Å². The molecule has 21 heavy (non-hydrogen) atoms. The van der Waals surface area contributed by atoms with Crippen molar-refractivity contribution in [3.63, 3.8) is 0 Å². The smallest absolute Gasteiger partial charge is 0.331 e. The SMILES string of the molecule is NCCn1c(=O)ccn(Cc2ccc(C(N)=O)cc2)c1=O. The average Bonchev–Trinajstić information content (AvgIpc) is 2.47. The topological polar surface area (TPSA) is 113 Å². The van der Waals surface area contributed by atoms with Gasteiger partial charge in [0.25, 0.3) is 5.56 Å². The molecule has 7 nitrogen and oxygen atoms in total. The van der Waals surface area contributed by atoms with E-state index >= 15 is 0 Å². The van der Waals surface area contributed by atoms with Gasteiger partial charge in [0.05, 0.1) is 6.54 Å². The molecule has 0 unspecified atom stereocenters. The molecule has 0 aliphatic carbocycles. The molecule has 0 aliphatic rings. The first-order chi connectivity index (χ1) is 10.0. The van der Waals surface area contributed by atoms with Crippen LogP contribution in [0.5, 0.6) is 0 Å². The zero-order chi connectivity index (χ0) is 15.4. The molecule has 0 spiro atoms. The summed E-state index contributed by atoms with van der Waals surface area (Å²) in [5.41, 5.74) is 11.0. The normalized spacial score (nSPS) is 10.5. The number of rotatable bonds is 5. The van der Waals surface area contributed by atoms with Gasteiger partial charge in [-0.25, -0.2) is 4.79 Å². The van der Waals surface area contributed by atoms with Crippen LogP contribution >= 0.6 is 0 Å². The maximum atomic E-state index is 12.2. The number of aromatic nitrogens is 2. The molecule has 0 bridgehead atoms. The Bertz CT molecular complexity index is 759. The van der Waals surface area contributed by atoms with Crippen LogP contribution in [0.25, 0.3) is 0 Å². The van der Waals surface area contributed by atoms with E-state index in [4.69, 9.17) is 11.5 Å². The van der Waals surface area contributed by atoms with Crippen LogP contribution in [0, 0.1) is 0 Å². The lowest BCUT2D eigenvalue weighted by Gasteiger charge is -2.09. The maximum Gasteiger partial charge on any atom is 0.331 e. The molecular weight excluding hydrogens is 272 g/mol. The molecule has 0 aliphatic heterocycles. The second-order valence-corrected chi connectivity index (χ2v) is 4.57. The highest BCUT2D eigenvalue weighted by Crippen LogP contribution is 2.04. The molecule has 0 radical (unpaired) electrons. The highest BCUT2D eigenvalue weighted by molar-refractivity contribution is 5.92. The summed E-state index contributed by atoms with van der Waals surface area (Å²) in [6.45, 7) is 0.689. The molecule has 110 valence electrons. The third kappa shape index (κ3) is 3.26. The van der Waals surface area contributed by atoms with E-state index in [0.717, 1.165) is 10.1 Å². The highest BCUT2D eigenvalue weighted by Gasteiger charge is 2.06. The van der Waals surface area contributed by atoms with Crippen molar-refractivity contribution in [2.75, 3.05) is 6.54 Å². The van der Waals surface area contributed by atoms with E-state index in [9.17, 15) is 14.4 Å². The van der Waals surface area contributed by atoms with Crippen molar-refractivity contribution >= 4 is 5.91 Å². The summed E-state index contributed by atoms with van der Waals surface area (Å²) < 4.78 is 2.51. The lowest BCUT2D eigenvalue weighted by atomic mass is 10.1. The van der Waals surface area contributed by atoms with Crippen molar-refractivity contribution in [1.29, 1.82) is 0 Å². The van der Waals surface area contributed by atoms with Gasteiger partial charge in [-0.3, -0.25) is 18.7 Å².